The van der Waals surface area contributed by atoms with Gasteiger partial charge in [-0.3, -0.25) is 4.79 Å². The molecule has 27 heavy (non-hydrogen) atoms. The molecule has 0 saturated carbocycles. The number of carbonyl (C=O) groups excluding carboxylic acids is 1. The lowest BCUT2D eigenvalue weighted by Crippen LogP contribution is -2.35. The molecule has 2 aromatic carbocycles. The first-order valence-electron chi connectivity index (χ1n) is 7.63. The van der Waals surface area contributed by atoms with Crippen molar-refractivity contribution < 1.29 is 18.0 Å². The first-order chi connectivity index (χ1) is 12.7. The first kappa shape index (κ1) is 20.9. The van der Waals surface area contributed by atoms with E-state index in [4.69, 9.17) is 28.9 Å². The molecule has 10 heteroatoms. The largest absolute Gasteiger partial charge is 0.370 e. The predicted octanol–water partition coefficient (Wildman–Crippen LogP) is 4.01. The standard InChI is InChI=1S/C17H15Cl2F3N4O/c1-8(10-3-2-9(18)6-11(10)19)25-17(23)24-7-14(27)26-13-5-4-12(20)15(21)16(13)22/h2-6,8H,7H2,1H3,(H,26,27)(H3,23,24,25). The molecule has 0 heterocycles. The normalized spacial score (nSPS) is 12.6. The molecule has 0 fully saturated rings. The molecule has 0 saturated heterocycles. The van der Waals surface area contributed by atoms with Crippen LogP contribution in [0.4, 0.5) is 18.9 Å². The summed E-state index contributed by atoms with van der Waals surface area (Å²) < 4.78 is 39.5. The number of nitrogens with two attached hydrogens (primary N) is 1. The Labute approximate surface area is 163 Å². The number of nitrogens with one attached hydrogen (secondary N) is 2. The Morgan fingerprint density at radius 1 is 1.19 bits per heavy atom. The Morgan fingerprint density at radius 3 is 2.56 bits per heavy atom. The minimum absolute atomic E-state index is 0.0607. The van der Waals surface area contributed by atoms with Crippen molar-refractivity contribution in [1.82, 2.24) is 5.32 Å². The number of amides is 1. The summed E-state index contributed by atoms with van der Waals surface area (Å²) in [6.07, 6.45) is 0. The molecule has 0 aliphatic heterocycles. The minimum Gasteiger partial charge on any atom is -0.370 e. The Kier molecular flexibility index (Phi) is 6.92. The Hall–Kier alpha value is -2.45. The maximum absolute atomic E-state index is 13.5. The predicted molar refractivity (Wildman–Crippen MR) is 99.4 cm³/mol. The summed E-state index contributed by atoms with van der Waals surface area (Å²) in [5.41, 5.74) is 5.93. The molecule has 0 spiro atoms. The second-order valence-electron chi connectivity index (χ2n) is 5.50. The molecule has 144 valence electrons. The van der Waals surface area contributed by atoms with Crippen LogP contribution in [0.5, 0.6) is 0 Å². The molecule has 0 aromatic heterocycles. The number of aliphatic imine (C=N–C) groups is 1. The molecule has 0 radical (unpaired) electrons. The zero-order valence-corrected chi connectivity index (χ0v) is 15.5. The lowest BCUT2D eigenvalue weighted by atomic mass is 10.1. The van der Waals surface area contributed by atoms with E-state index < -0.39 is 35.6 Å². The lowest BCUT2D eigenvalue weighted by Gasteiger charge is -2.16. The van der Waals surface area contributed by atoms with Crippen molar-refractivity contribution >= 4 is 40.8 Å². The number of hydrogen-bond acceptors (Lipinski definition) is 2. The average Bonchev–Trinajstić information content (AvgIpc) is 2.60. The fourth-order valence-corrected chi connectivity index (χ4v) is 2.74. The number of carbonyl (C=O) groups is 1. The van der Waals surface area contributed by atoms with Gasteiger partial charge in [0.1, 0.15) is 6.54 Å². The van der Waals surface area contributed by atoms with Crippen LogP contribution < -0.4 is 16.4 Å². The monoisotopic (exact) mass is 418 g/mol. The summed E-state index contributed by atoms with van der Waals surface area (Å²) in [5, 5.41) is 5.84. The molecule has 1 unspecified atom stereocenters. The van der Waals surface area contributed by atoms with E-state index in [2.05, 4.69) is 15.6 Å². The second-order valence-corrected chi connectivity index (χ2v) is 6.35. The van der Waals surface area contributed by atoms with Crippen LogP contribution in [-0.2, 0) is 4.79 Å². The van der Waals surface area contributed by atoms with E-state index in [9.17, 15) is 18.0 Å². The van der Waals surface area contributed by atoms with Crippen LogP contribution in [0.1, 0.15) is 18.5 Å². The van der Waals surface area contributed by atoms with Crippen molar-refractivity contribution in [2.45, 2.75) is 13.0 Å². The highest BCUT2D eigenvalue weighted by molar-refractivity contribution is 6.35. The Bertz CT molecular complexity index is 893. The zero-order chi connectivity index (χ0) is 20.1. The van der Waals surface area contributed by atoms with Gasteiger partial charge < -0.3 is 16.4 Å². The third kappa shape index (κ3) is 5.51. The van der Waals surface area contributed by atoms with E-state index >= 15 is 0 Å². The van der Waals surface area contributed by atoms with E-state index in [1.165, 1.54) is 0 Å². The molecule has 4 N–H and O–H groups in total. The maximum atomic E-state index is 13.5. The van der Waals surface area contributed by atoms with Gasteiger partial charge in [-0.05, 0) is 36.8 Å². The molecule has 0 aliphatic rings. The van der Waals surface area contributed by atoms with Crippen molar-refractivity contribution in [2.24, 2.45) is 10.7 Å². The molecular formula is C17H15Cl2F3N4O. The topological polar surface area (TPSA) is 79.5 Å². The van der Waals surface area contributed by atoms with Gasteiger partial charge in [-0.2, -0.15) is 0 Å². The SMILES string of the molecule is CC(NC(N)=NCC(=O)Nc1ccc(F)c(F)c1F)c1ccc(Cl)cc1Cl. The quantitative estimate of drug-likeness (QED) is 0.389. The summed E-state index contributed by atoms with van der Waals surface area (Å²) in [5.74, 6) is -5.35. The van der Waals surface area contributed by atoms with E-state index in [1.807, 2.05) is 0 Å². The van der Waals surface area contributed by atoms with Gasteiger partial charge in [-0.15, -0.1) is 0 Å². The van der Waals surface area contributed by atoms with Crippen LogP contribution in [0, 0.1) is 17.5 Å². The van der Waals surface area contributed by atoms with Gasteiger partial charge in [0, 0.05) is 10.0 Å². The van der Waals surface area contributed by atoms with Gasteiger partial charge in [-0.1, -0.05) is 29.3 Å². The first-order valence-corrected chi connectivity index (χ1v) is 8.39. The fraction of sp³-hybridized carbons (Fsp3) is 0.176. The summed E-state index contributed by atoms with van der Waals surface area (Å²) in [6.45, 7) is 1.31. The highest BCUT2D eigenvalue weighted by Gasteiger charge is 2.15. The number of halogens is 5. The number of rotatable bonds is 5. The van der Waals surface area contributed by atoms with Crippen LogP contribution in [0.25, 0.3) is 0 Å². The van der Waals surface area contributed by atoms with Crippen LogP contribution in [0.15, 0.2) is 35.3 Å². The van der Waals surface area contributed by atoms with E-state index in [1.54, 1.807) is 25.1 Å². The van der Waals surface area contributed by atoms with Gasteiger partial charge in [0.05, 0.1) is 11.7 Å². The Morgan fingerprint density at radius 2 is 1.89 bits per heavy atom. The lowest BCUT2D eigenvalue weighted by molar-refractivity contribution is -0.114. The minimum atomic E-state index is -1.67. The third-order valence-electron chi connectivity index (χ3n) is 3.50. The average molecular weight is 419 g/mol. The number of anilines is 1. The highest BCUT2D eigenvalue weighted by Crippen LogP contribution is 2.26. The number of guanidine groups is 1. The smallest absolute Gasteiger partial charge is 0.246 e. The van der Waals surface area contributed by atoms with Crippen molar-refractivity contribution in [3.8, 4) is 0 Å². The van der Waals surface area contributed by atoms with Crippen LogP contribution in [0.3, 0.4) is 0 Å². The van der Waals surface area contributed by atoms with Gasteiger partial charge in [0.15, 0.2) is 23.4 Å². The second kappa shape index (κ2) is 8.96. The van der Waals surface area contributed by atoms with Crippen molar-refractivity contribution in [1.29, 1.82) is 0 Å². The number of benzene rings is 2. The highest BCUT2D eigenvalue weighted by atomic mass is 35.5. The van der Waals surface area contributed by atoms with Gasteiger partial charge in [0.25, 0.3) is 0 Å². The summed E-state index contributed by atoms with van der Waals surface area (Å²) >= 11 is 11.9. The molecule has 1 atom stereocenters. The third-order valence-corrected chi connectivity index (χ3v) is 4.06. The van der Waals surface area contributed by atoms with Crippen molar-refractivity contribution in [2.75, 3.05) is 11.9 Å². The molecule has 0 bridgehead atoms. The Balaban J connectivity index is 1.96. The number of hydrogen-bond donors (Lipinski definition) is 3. The van der Waals surface area contributed by atoms with Gasteiger partial charge in [0.2, 0.25) is 5.91 Å². The summed E-state index contributed by atoms with van der Waals surface area (Å²) in [4.78, 5) is 15.6. The van der Waals surface area contributed by atoms with E-state index in [-0.39, 0.29) is 12.0 Å². The van der Waals surface area contributed by atoms with Crippen LogP contribution in [0.2, 0.25) is 10.0 Å². The fourth-order valence-electron chi connectivity index (χ4n) is 2.17. The molecule has 1 amide bonds. The molecular weight excluding hydrogens is 404 g/mol. The maximum Gasteiger partial charge on any atom is 0.246 e. The van der Waals surface area contributed by atoms with Gasteiger partial charge in [-0.25, -0.2) is 18.2 Å². The molecule has 2 rings (SSSR count). The van der Waals surface area contributed by atoms with Gasteiger partial charge >= 0.3 is 0 Å². The molecule has 2 aromatic rings. The van der Waals surface area contributed by atoms with Crippen LogP contribution >= 0.6 is 23.2 Å². The molecule has 5 nitrogen and oxygen atoms in total. The van der Waals surface area contributed by atoms with Crippen LogP contribution in [-0.4, -0.2) is 18.4 Å². The zero-order valence-electron chi connectivity index (χ0n) is 14.0. The van der Waals surface area contributed by atoms with E-state index in [0.717, 1.165) is 6.07 Å². The summed E-state index contributed by atoms with van der Waals surface area (Å²) in [6, 6.07) is 6.23. The van der Waals surface area contributed by atoms with Crippen molar-refractivity contribution in [3.05, 3.63) is 63.4 Å². The molecule has 0 aliphatic carbocycles. The van der Waals surface area contributed by atoms with E-state index in [0.29, 0.717) is 21.7 Å². The number of nitrogens with zero attached hydrogens (tertiary/aromatic N) is 1. The summed E-state index contributed by atoms with van der Waals surface area (Å²) in [7, 11) is 0. The van der Waals surface area contributed by atoms with Crippen molar-refractivity contribution in [3.63, 3.8) is 0 Å².